The fourth-order valence-corrected chi connectivity index (χ4v) is 3.81. The monoisotopic (exact) mass is 434 g/mol. The van der Waals surface area contributed by atoms with Crippen molar-refractivity contribution in [2.45, 2.75) is 12.5 Å². The summed E-state index contributed by atoms with van der Waals surface area (Å²) in [4.78, 5) is 31.3. The molecule has 1 aliphatic rings. The van der Waals surface area contributed by atoms with Gasteiger partial charge in [0.1, 0.15) is 11.5 Å². The second kappa shape index (κ2) is 8.62. The Kier molecular flexibility index (Phi) is 5.73. The van der Waals surface area contributed by atoms with Crippen LogP contribution < -0.4 is 0 Å². The van der Waals surface area contributed by atoms with Crippen LogP contribution in [0.4, 0.5) is 0 Å². The fraction of sp³-hybridized carbons (Fsp3) is 0.125. The number of phenolic OH excluding ortho intramolecular Hbond substituents is 1. The zero-order chi connectivity index (χ0) is 22.0. The Bertz CT molecular complexity index is 1140. The van der Waals surface area contributed by atoms with E-state index in [1.807, 2.05) is 12.1 Å². The van der Waals surface area contributed by atoms with E-state index in [1.54, 1.807) is 36.4 Å². The molecule has 3 aromatic rings. The number of aliphatic hydroxyl groups excluding tert-OH is 1. The predicted molar refractivity (Wildman–Crippen MR) is 117 cm³/mol. The van der Waals surface area contributed by atoms with Crippen molar-refractivity contribution in [2.75, 3.05) is 6.54 Å². The molecule has 1 aromatic heterocycles. The summed E-state index contributed by atoms with van der Waals surface area (Å²) < 4.78 is 0. The molecule has 0 radical (unpaired) electrons. The molecule has 2 heterocycles. The van der Waals surface area contributed by atoms with Gasteiger partial charge in [-0.3, -0.25) is 14.6 Å². The summed E-state index contributed by atoms with van der Waals surface area (Å²) in [5.41, 5.74) is 1.99. The smallest absolute Gasteiger partial charge is 0.295 e. The van der Waals surface area contributed by atoms with Gasteiger partial charge >= 0.3 is 0 Å². The third kappa shape index (κ3) is 4.15. The number of amides is 1. The number of aromatic hydroxyl groups is 1. The number of halogens is 1. The Morgan fingerprint density at radius 3 is 2.26 bits per heavy atom. The zero-order valence-electron chi connectivity index (χ0n) is 16.4. The van der Waals surface area contributed by atoms with Gasteiger partial charge in [0.25, 0.3) is 11.7 Å². The standard InChI is InChI=1S/C24H19ClN2O4/c25-18-5-1-15(2-6-18)11-14-27-21(16-3-7-19(28)8-4-16)20(23(30)24(27)31)22(29)17-9-12-26-13-10-17/h1-10,12-13,21,28-29H,11,14H2/b22-20-. The van der Waals surface area contributed by atoms with E-state index in [4.69, 9.17) is 11.6 Å². The summed E-state index contributed by atoms with van der Waals surface area (Å²) in [6, 6.07) is 15.9. The quantitative estimate of drug-likeness (QED) is 0.358. The minimum Gasteiger partial charge on any atom is -0.508 e. The number of carbonyl (C=O) groups excluding carboxylic acids is 2. The molecule has 0 aliphatic carbocycles. The first-order chi connectivity index (χ1) is 15.0. The third-order valence-electron chi connectivity index (χ3n) is 5.26. The molecule has 2 N–H and O–H groups in total. The van der Waals surface area contributed by atoms with E-state index in [9.17, 15) is 19.8 Å². The van der Waals surface area contributed by atoms with Crippen LogP contribution in [0, 0.1) is 0 Å². The summed E-state index contributed by atoms with van der Waals surface area (Å²) in [6.45, 7) is 0.269. The number of pyridine rings is 1. The first kappa shape index (κ1) is 20.6. The number of hydrogen-bond acceptors (Lipinski definition) is 5. The van der Waals surface area contributed by atoms with Crippen molar-refractivity contribution in [3.63, 3.8) is 0 Å². The van der Waals surface area contributed by atoms with Gasteiger partial charge in [0.15, 0.2) is 0 Å². The van der Waals surface area contributed by atoms with Crippen molar-refractivity contribution >= 4 is 29.1 Å². The van der Waals surface area contributed by atoms with Gasteiger partial charge in [-0.2, -0.15) is 0 Å². The molecule has 31 heavy (non-hydrogen) atoms. The molecule has 0 saturated carbocycles. The lowest BCUT2D eigenvalue weighted by Gasteiger charge is -2.25. The summed E-state index contributed by atoms with van der Waals surface area (Å²) >= 11 is 5.94. The average Bonchev–Trinajstić information content (AvgIpc) is 3.04. The number of phenols is 1. The molecule has 2 aromatic carbocycles. The van der Waals surface area contributed by atoms with Crippen molar-refractivity contribution in [1.82, 2.24) is 9.88 Å². The third-order valence-corrected chi connectivity index (χ3v) is 5.51. The molecule has 6 nitrogen and oxygen atoms in total. The minimum absolute atomic E-state index is 0.0120. The van der Waals surface area contributed by atoms with Crippen LogP contribution in [0.25, 0.3) is 5.76 Å². The van der Waals surface area contributed by atoms with Crippen LogP contribution in [0.2, 0.25) is 5.02 Å². The van der Waals surface area contributed by atoms with E-state index in [0.29, 0.717) is 22.6 Å². The Labute approximate surface area is 184 Å². The lowest BCUT2D eigenvalue weighted by atomic mass is 9.95. The maximum absolute atomic E-state index is 12.9. The number of Topliss-reactive ketones (excluding diaryl/α,β-unsaturated/α-hetero) is 1. The second-order valence-corrected chi connectivity index (χ2v) is 7.63. The number of carbonyl (C=O) groups is 2. The van der Waals surface area contributed by atoms with Crippen LogP contribution in [-0.2, 0) is 16.0 Å². The van der Waals surface area contributed by atoms with Crippen LogP contribution in [0.15, 0.2) is 78.6 Å². The molecule has 7 heteroatoms. The van der Waals surface area contributed by atoms with Crippen LogP contribution in [0.1, 0.15) is 22.7 Å². The Morgan fingerprint density at radius 2 is 1.61 bits per heavy atom. The molecule has 156 valence electrons. The molecule has 1 unspecified atom stereocenters. The molecule has 1 atom stereocenters. The topological polar surface area (TPSA) is 90.7 Å². The van der Waals surface area contributed by atoms with Gasteiger partial charge in [0.2, 0.25) is 0 Å². The number of ketones is 1. The van der Waals surface area contributed by atoms with E-state index in [0.717, 1.165) is 5.56 Å². The van der Waals surface area contributed by atoms with Gasteiger partial charge < -0.3 is 15.1 Å². The number of nitrogens with zero attached hydrogens (tertiary/aromatic N) is 2. The molecule has 1 saturated heterocycles. The number of hydrogen-bond donors (Lipinski definition) is 2. The summed E-state index contributed by atoms with van der Waals surface area (Å²) in [5, 5.41) is 21.2. The summed E-state index contributed by atoms with van der Waals surface area (Å²) in [5.74, 6) is -1.62. The zero-order valence-corrected chi connectivity index (χ0v) is 17.2. The largest absolute Gasteiger partial charge is 0.508 e. The average molecular weight is 435 g/mol. The molecule has 1 amide bonds. The molecule has 1 aliphatic heterocycles. The van der Waals surface area contributed by atoms with Crippen molar-refractivity contribution in [3.8, 4) is 5.75 Å². The molecular weight excluding hydrogens is 416 g/mol. The first-order valence-corrected chi connectivity index (χ1v) is 10.1. The molecule has 1 fully saturated rings. The Hall–Kier alpha value is -3.64. The fourth-order valence-electron chi connectivity index (χ4n) is 3.68. The highest BCUT2D eigenvalue weighted by Crippen LogP contribution is 2.39. The first-order valence-electron chi connectivity index (χ1n) is 9.68. The van der Waals surface area contributed by atoms with Gasteiger partial charge in [-0.05, 0) is 53.9 Å². The van der Waals surface area contributed by atoms with E-state index in [2.05, 4.69) is 4.98 Å². The normalized spacial score (nSPS) is 17.8. The summed E-state index contributed by atoms with van der Waals surface area (Å²) in [6.07, 6.45) is 3.51. The SMILES string of the molecule is O=C1C(=O)N(CCc2ccc(Cl)cc2)C(c2ccc(O)cc2)/C1=C(/O)c1ccncc1. The number of rotatable bonds is 5. The second-order valence-electron chi connectivity index (χ2n) is 7.20. The number of aromatic nitrogens is 1. The Balaban J connectivity index is 1.75. The Morgan fingerprint density at radius 1 is 0.968 bits per heavy atom. The van der Waals surface area contributed by atoms with E-state index >= 15 is 0 Å². The lowest BCUT2D eigenvalue weighted by molar-refractivity contribution is -0.139. The van der Waals surface area contributed by atoms with Crippen molar-refractivity contribution in [1.29, 1.82) is 0 Å². The van der Waals surface area contributed by atoms with Crippen molar-refractivity contribution in [3.05, 3.63) is 100 Å². The van der Waals surface area contributed by atoms with Gasteiger partial charge in [-0.15, -0.1) is 0 Å². The minimum atomic E-state index is -0.777. The molecule has 4 rings (SSSR count). The molecule has 0 bridgehead atoms. The summed E-state index contributed by atoms with van der Waals surface area (Å²) in [7, 11) is 0. The highest BCUT2D eigenvalue weighted by molar-refractivity contribution is 6.46. The van der Waals surface area contributed by atoms with Crippen LogP contribution in [0.5, 0.6) is 5.75 Å². The van der Waals surface area contributed by atoms with Crippen molar-refractivity contribution < 1.29 is 19.8 Å². The maximum atomic E-state index is 12.9. The van der Waals surface area contributed by atoms with E-state index in [1.165, 1.54) is 29.4 Å². The van der Waals surface area contributed by atoms with E-state index in [-0.39, 0.29) is 23.6 Å². The van der Waals surface area contributed by atoms with Crippen LogP contribution in [0.3, 0.4) is 0 Å². The van der Waals surface area contributed by atoms with Crippen LogP contribution >= 0.6 is 11.6 Å². The number of aliphatic hydroxyl groups is 1. The van der Waals surface area contributed by atoms with Gasteiger partial charge in [0.05, 0.1) is 11.6 Å². The molecular formula is C24H19ClN2O4. The lowest BCUT2D eigenvalue weighted by Crippen LogP contribution is -2.31. The molecule has 0 spiro atoms. The predicted octanol–water partition coefficient (Wildman–Crippen LogP) is 4.11. The van der Waals surface area contributed by atoms with E-state index < -0.39 is 17.7 Å². The number of likely N-dealkylation sites (tertiary alicyclic amines) is 1. The number of benzene rings is 2. The van der Waals surface area contributed by atoms with Crippen LogP contribution in [-0.4, -0.2) is 38.3 Å². The highest BCUT2D eigenvalue weighted by atomic mass is 35.5. The van der Waals surface area contributed by atoms with Gasteiger partial charge in [-0.25, -0.2) is 0 Å². The van der Waals surface area contributed by atoms with Gasteiger partial charge in [0, 0.05) is 29.5 Å². The van der Waals surface area contributed by atoms with Gasteiger partial charge in [-0.1, -0.05) is 35.9 Å². The highest BCUT2D eigenvalue weighted by Gasteiger charge is 2.45. The van der Waals surface area contributed by atoms with Crippen molar-refractivity contribution in [2.24, 2.45) is 0 Å². The maximum Gasteiger partial charge on any atom is 0.295 e.